The van der Waals surface area contributed by atoms with Gasteiger partial charge in [0.15, 0.2) is 5.96 Å². The van der Waals surface area contributed by atoms with Crippen molar-refractivity contribution in [3.8, 4) is 5.75 Å². The Labute approximate surface area is 81.2 Å². The molecular formula is C8H10ClN3O. The predicted octanol–water partition coefficient (Wildman–Crippen LogP) is 1.25. The van der Waals surface area contributed by atoms with Crippen LogP contribution in [0, 0.1) is 0 Å². The lowest BCUT2D eigenvalue weighted by atomic mass is 10.3. The minimum Gasteiger partial charge on any atom is -0.497 e. The highest BCUT2D eigenvalue weighted by atomic mass is 35.5. The van der Waals surface area contributed by atoms with Crippen LogP contribution in [0.15, 0.2) is 23.2 Å². The lowest BCUT2D eigenvalue weighted by molar-refractivity contribution is 0.415. The van der Waals surface area contributed by atoms with E-state index in [2.05, 4.69) is 4.99 Å². The molecule has 1 aromatic rings. The molecule has 0 radical (unpaired) electrons. The molecule has 1 aromatic carbocycles. The topological polar surface area (TPSA) is 73.6 Å². The molecule has 5 heteroatoms. The van der Waals surface area contributed by atoms with Gasteiger partial charge in [-0.25, -0.2) is 4.99 Å². The van der Waals surface area contributed by atoms with Gasteiger partial charge in [0.1, 0.15) is 5.75 Å². The zero-order chi connectivity index (χ0) is 9.84. The fourth-order valence-corrected chi connectivity index (χ4v) is 1.00. The summed E-state index contributed by atoms with van der Waals surface area (Å²) in [6.07, 6.45) is 0. The van der Waals surface area contributed by atoms with E-state index in [9.17, 15) is 0 Å². The highest BCUT2D eigenvalue weighted by Crippen LogP contribution is 2.28. The minimum atomic E-state index is -0.0323. The zero-order valence-corrected chi connectivity index (χ0v) is 7.88. The Balaban J connectivity index is 3.11. The summed E-state index contributed by atoms with van der Waals surface area (Å²) in [5.41, 5.74) is 10.9. The second-order valence-electron chi connectivity index (χ2n) is 2.35. The minimum absolute atomic E-state index is 0.0323. The number of nitrogens with zero attached hydrogens (tertiary/aromatic N) is 1. The Morgan fingerprint density at radius 2 is 2.15 bits per heavy atom. The quantitative estimate of drug-likeness (QED) is 0.556. The van der Waals surface area contributed by atoms with Gasteiger partial charge in [0, 0.05) is 6.07 Å². The maximum absolute atomic E-state index is 5.82. The average molecular weight is 200 g/mol. The van der Waals surface area contributed by atoms with E-state index in [1.54, 1.807) is 25.3 Å². The number of rotatable bonds is 2. The molecule has 0 aliphatic carbocycles. The normalized spacial score (nSPS) is 9.38. The highest BCUT2D eigenvalue weighted by Gasteiger charge is 2.00. The molecule has 1 rings (SSSR count). The summed E-state index contributed by atoms with van der Waals surface area (Å²) in [5, 5.41) is 0.481. The monoisotopic (exact) mass is 199 g/mol. The van der Waals surface area contributed by atoms with Crippen LogP contribution in [0.5, 0.6) is 5.75 Å². The summed E-state index contributed by atoms with van der Waals surface area (Å²) in [6.45, 7) is 0. The molecule has 0 saturated carbocycles. The summed E-state index contributed by atoms with van der Waals surface area (Å²) in [5.74, 6) is 0.625. The number of methoxy groups -OCH3 is 1. The van der Waals surface area contributed by atoms with E-state index in [0.29, 0.717) is 16.5 Å². The standard InChI is InChI=1S/C8H10ClN3O/c1-13-5-2-3-6(9)7(4-5)12-8(10)11/h2-4H,1H3,(H4,10,11,12). The van der Waals surface area contributed by atoms with Crippen molar-refractivity contribution in [1.29, 1.82) is 0 Å². The molecule has 0 bridgehead atoms. The van der Waals surface area contributed by atoms with Crippen molar-refractivity contribution in [3.05, 3.63) is 23.2 Å². The van der Waals surface area contributed by atoms with E-state index in [1.165, 1.54) is 0 Å². The van der Waals surface area contributed by atoms with Crippen LogP contribution in [0.4, 0.5) is 5.69 Å². The van der Waals surface area contributed by atoms with E-state index >= 15 is 0 Å². The zero-order valence-electron chi connectivity index (χ0n) is 7.12. The molecule has 0 atom stereocenters. The van der Waals surface area contributed by atoms with Crippen LogP contribution in [0.2, 0.25) is 5.02 Å². The number of nitrogens with two attached hydrogens (primary N) is 2. The van der Waals surface area contributed by atoms with Crippen LogP contribution in [0.1, 0.15) is 0 Å². The van der Waals surface area contributed by atoms with Gasteiger partial charge in [0.25, 0.3) is 0 Å². The lowest BCUT2D eigenvalue weighted by Gasteiger charge is -2.02. The first-order valence-corrected chi connectivity index (χ1v) is 3.94. The van der Waals surface area contributed by atoms with Crippen LogP contribution in [0.3, 0.4) is 0 Å². The van der Waals surface area contributed by atoms with Gasteiger partial charge in [-0.05, 0) is 12.1 Å². The van der Waals surface area contributed by atoms with E-state index in [0.717, 1.165) is 0 Å². The molecule has 0 aliphatic rings. The second kappa shape index (κ2) is 4.00. The van der Waals surface area contributed by atoms with Gasteiger partial charge in [-0.3, -0.25) is 0 Å². The Bertz CT molecular complexity index is 334. The Morgan fingerprint density at radius 1 is 1.46 bits per heavy atom. The molecule has 13 heavy (non-hydrogen) atoms. The summed E-state index contributed by atoms with van der Waals surface area (Å²) < 4.78 is 4.98. The molecule has 0 heterocycles. The molecule has 4 N–H and O–H groups in total. The Morgan fingerprint density at radius 3 is 2.69 bits per heavy atom. The van der Waals surface area contributed by atoms with Crippen molar-refractivity contribution >= 4 is 23.2 Å². The number of hydrogen-bond donors (Lipinski definition) is 2. The molecule has 0 unspecified atom stereocenters. The van der Waals surface area contributed by atoms with Crippen LogP contribution >= 0.6 is 11.6 Å². The molecule has 0 aliphatic heterocycles. The lowest BCUT2D eigenvalue weighted by Crippen LogP contribution is -2.21. The number of aliphatic imine (C=N–C) groups is 1. The van der Waals surface area contributed by atoms with Crippen molar-refractivity contribution in [1.82, 2.24) is 0 Å². The fraction of sp³-hybridized carbons (Fsp3) is 0.125. The van der Waals surface area contributed by atoms with Crippen molar-refractivity contribution in [3.63, 3.8) is 0 Å². The summed E-state index contributed by atoms with van der Waals surface area (Å²) in [6, 6.07) is 5.05. The SMILES string of the molecule is COc1ccc(Cl)c(N=C(N)N)c1. The first kappa shape index (κ1) is 9.67. The number of hydrogen-bond acceptors (Lipinski definition) is 2. The molecule has 0 saturated heterocycles. The second-order valence-corrected chi connectivity index (χ2v) is 2.76. The third kappa shape index (κ3) is 2.52. The van der Waals surface area contributed by atoms with Gasteiger partial charge in [-0.1, -0.05) is 11.6 Å². The molecular weight excluding hydrogens is 190 g/mol. The van der Waals surface area contributed by atoms with E-state index in [-0.39, 0.29) is 5.96 Å². The summed E-state index contributed by atoms with van der Waals surface area (Å²) in [4.78, 5) is 3.83. The van der Waals surface area contributed by atoms with E-state index < -0.39 is 0 Å². The average Bonchev–Trinajstić information content (AvgIpc) is 2.08. The number of benzene rings is 1. The first-order chi connectivity index (χ1) is 6.13. The number of halogens is 1. The van der Waals surface area contributed by atoms with Crippen LogP contribution in [-0.2, 0) is 0 Å². The smallest absolute Gasteiger partial charge is 0.191 e. The largest absolute Gasteiger partial charge is 0.497 e. The van der Waals surface area contributed by atoms with Crippen molar-refractivity contribution < 1.29 is 4.74 Å². The molecule has 0 aromatic heterocycles. The predicted molar refractivity (Wildman–Crippen MR) is 53.5 cm³/mol. The fourth-order valence-electron chi connectivity index (χ4n) is 0.844. The van der Waals surface area contributed by atoms with Gasteiger partial charge < -0.3 is 16.2 Å². The number of ether oxygens (including phenoxy) is 1. The molecule has 4 nitrogen and oxygen atoms in total. The Kier molecular flexibility index (Phi) is 2.97. The molecule has 70 valence electrons. The van der Waals surface area contributed by atoms with Crippen molar-refractivity contribution in [2.75, 3.05) is 7.11 Å². The van der Waals surface area contributed by atoms with Gasteiger partial charge in [0.05, 0.1) is 17.8 Å². The van der Waals surface area contributed by atoms with E-state index in [1.807, 2.05) is 0 Å². The van der Waals surface area contributed by atoms with Crippen molar-refractivity contribution in [2.45, 2.75) is 0 Å². The van der Waals surface area contributed by atoms with Crippen LogP contribution in [0.25, 0.3) is 0 Å². The molecule has 0 spiro atoms. The van der Waals surface area contributed by atoms with Crippen LogP contribution < -0.4 is 16.2 Å². The van der Waals surface area contributed by atoms with Gasteiger partial charge in [0.2, 0.25) is 0 Å². The summed E-state index contributed by atoms with van der Waals surface area (Å²) in [7, 11) is 1.56. The molecule has 0 fully saturated rings. The highest BCUT2D eigenvalue weighted by molar-refractivity contribution is 6.33. The number of guanidine groups is 1. The van der Waals surface area contributed by atoms with Gasteiger partial charge >= 0.3 is 0 Å². The van der Waals surface area contributed by atoms with Crippen molar-refractivity contribution in [2.24, 2.45) is 16.5 Å². The third-order valence-electron chi connectivity index (χ3n) is 1.40. The first-order valence-electron chi connectivity index (χ1n) is 3.56. The maximum Gasteiger partial charge on any atom is 0.191 e. The maximum atomic E-state index is 5.82. The van der Waals surface area contributed by atoms with Gasteiger partial charge in [-0.2, -0.15) is 0 Å². The van der Waals surface area contributed by atoms with Gasteiger partial charge in [-0.15, -0.1) is 0 Å². The third-order valence-corrected chi connectivity index (χ3v) is 1.72. The van der Waals surface area contributed by atoms with E-state index in [4.69, 9.17) is 27.8 Å². The molecule has 0 amide bonds. The Hall–Kier alpha value is -1.42. The summed E-state index contributed by atoms with van der Waals surface area (Å²) >= 11 is 5.82. The van der Waals surface area contributed by atoms with Crippen LogP contribution in [-0.4, -0.2) is 13.1 Å².